The van der Waals surface area contributed by atoms with Crippen LogP contribution in [0.25, 0.3) is 10.9 Å². The lowest BCUT2D eigenvalue weighted by atomic mass is 9.94. The Hall–Kier alpha value is -2.89. The molecular weight excluding hydrogens is 304 g/mol. The van der Waals surface area contributed by atoms with Crippen molar-refractivity contribution in [2.45, 2.75) is 18.8 Å². The van der Waals surface area contributed by atoms with Gasteiger partial charge in [-0.1, -0.05) is 18.2 Å². The highest BCUT2D eigenvalue weighted by atomic mass is 16.2. The lowest BCUT2D eigenvalue weighted by Gasteiger charge is -2.32. The molecule has 2 N–H and O–H groups in total. The zero-order chi connectivity index (χ0) is 16.5. The minimum Gasteiger partial charge on any atom is -0.351 e. The Labute approximate surface area is 138 Å². The second-order valence-electron chi connectivity index (χ2n) is 6.19. The zero-order valence-corrected chi connectivity index (χ0v) is 13.2. The summed E-state index contributed by atoms with van der Waals surface area (Å²) in [5, 5.41) is 1.04. The molecule has 1 fully saturated rings. The molecule has 2 aromatic heterocycles. The number of benzene rings is 1. The van der Waals surface area contributed by atoms with E-state index in [9.17, 15) is 9.59 Å². The van der Waals surface area contributed by atoms with E-state index in [1.165, 1.54) is 6.20 Å². The molecule has 3 aromatic rings. The SMILES string of the molecule is O=C(c1cc2ccccc2[nH]1)N1CCCC(c2ccnc(=O)[nH]2)C1. The number of H-pyrrole nitrogens is 2. The highest BCUT2D eigenvalue weighted by Gasteiger charge is 2.26. The van der Waals surface area contributed by atoms with Crippen LogP contribution in [0.15, 0.2) is 47.4 Å². The molecule has 1 saturated heterocycles. The fourth-order valence-corrected chi connectivity index (χ4v) is 3.40. The van der Waals surface area contributed by atoms with Gasteiger partial charge in [0.05, 0.1) is 0 Å². The molecule has 1 aliphatic rings. The fraction of sp³-hybridized carbons (Fsp3) is 0.278. The number of aromatic amines is 2. The monoisotopic (exact) mass is 322 g/mol. The first-order valence-corrected chi connectivity index (χ1v) is 8.13. The van der Waals surface area contributed by atoms with Crippen molar-refractivity contribution in [2.75, 3.05) is 13.1 Å². The Bertz CT molecular complexity index is 910. The Morgan fingerprint density at radius 3 is 2.92 bits per heavy atom. The van der Waals surface area contributed by atoms with E-state index in [0.29, 0.717) is 12.2 Å². The predicted molar refractivity (Wildman–Crippen MR) is 91.0 cm³/mol. The van der Waals surface area contributed by atoms with E-state index >= 15 is 0 Å². The van der Waals surface area contributed by atoms with Gasteiger partial charge in [-0.3, -0.25) is 4.79 Å². The van der Waals surface area contributed by atoms with Gasteiger partial charge in [0.15, 0.2) is 0 Å². The highest BCUT2D eigenvalue weighted by molar-refractivity contribution is 5.98. The van der Waals surface area contributed by atoms with E-state index in [4.69, 9.17) is 0 Å². The highest BCUT2D eigenvalue weighted by Crippen LogP contribution is 2.26. The van der Waals surface area contributed by atoms with Crippen molar-refractivity contribution in [3.8, 4) is 0 Å². The predicted octanol–water partition coefficient (Wildman–Crippen LogP) is 2.27. The molecule has 1 atom stereocenters. The molecule has 0 bridgehead atoms. The Kier molecular flexibility index (Phi) is 3.65. The normalized spacial score (nSPS) is 18.0. The number of nitrogens with zero attached hydrogens (tertiary/aromatic N) is 2. The van der Waals surface area contributed by atoms with E-state index in [2.05, 4.69) is 15.0 Å². The first-order chi connectivity index (χ1) is 11.7. The summed E-state index contributed by atoms with van der Waals surface area (Å²) in [5.41, 5.74) is 2.09. The lowest BCUT2D eigenvalue weighted by Crippen LogP contribution is -2.39. The average Bonchev–Trinajstić information content (AvgIpc) is 3.05. The number of amides is 1. The van der Waals surface area contributed by atoms with Crippen molar-refractivity contribution in [3.63, 3.8) is 0 Å². The standard InChI is InChI=1S/C18H18N4O2/c23-17(16-10-12-4-1-2-6-14(12)20-16)22-9-3-5-13(11-22)15-7-8-19-18(24)21-15/h1-2,4,6-8,10,13,20H,3,5,9,11H2,(H,19,21,24). The van der Waals surface area contributed by atoms with Crippen LogP contribution < -0.4 is 5.69 Å². The number of aromatic nitrogens is 3. The van der Waals surface area contributed by atoms with Crippen molar-refractivity contribution in [2.24, 2.45) is 0 Å². The molecule has 0 aliphatic carbocycles. The number of rotatable bonds is 2. The summed E-state index contributed by atoms with van der Waals surface area (Å²) in [6, 6.07) is 11.6. The summed E-state index contributed by atoms with van der Waals surface area (Å²) in [5.74, 6) is 0.148. The van der Waals surface area contributed by atoms with Crippen LogP contribution in [-0.4, -0.2) is 38.8 Å². The number of nitrogens with one attached hydrogen (secondary N) is 2. The van der Waals surface area contributed by atoms with Crippen LogP contribution in [0.4, 0.5) is 0 Å². The second-order valence-corrected chi connectivity index (χ2v) is 6.19. The molecule has 1 amide bonds. The van der Waals surface area contributed by atoms with Crippen LogP contribution in [0.1, 0.15) is 34.9 Å². The summed E-state index contributed by atoms with van der Waals surface area (Å²) in [6.45, 7) is 1.34. The van der Waals surface area contributed by atoms with Gasteiger partial charge in [-0.05, 0) is 31.0 Å². The minimum absolute atomic E-state index is 0.00676. The molecule has 24 heavy (non-hydrogen) atoms. The van der Waals surface area contributed by atoms with Gasteiger partial charge < -0.3 is 14.9 Å². The summed E-state index contributed by atoms with van der Waals surface area (Å²) in [7, 11) is 0. The largest absolute Gasteiger partial charge is 0.351 e. The van der Waals surface area contributed by atoms with Crippen molar-refractivity contribution in [1.82, 2.24) is 19.9 Å². The molecule has 0 saturated carbocycles. The molecule has 1 unspecified atom stereocenters. The van der Waals surface area contributed by atoms with Crippen molar-refractivity contribution < 1.29 is 4.79 Å². The van der Waals surface area contributed by atoms with Crippen LogP contribution in [0.3, 0.4) is 0 Å². The number of hydrogen-bond donors (Lipinski definition) is 2. The molecular formula is C18H18N4O2. The van der Waals surface area contributed by atoms with E-state index in [1.54, 1.807) is 0 Å². The topological polar surface area (TPSA) is 81.8 Å². The van der Waals surface area contributed by atoms with Crippen LogP contribution in [0, 0.1) is 0 Å². The average molecular weight is 322 g/mol. The summed E-state index contributed by atoms with van der Waals surface area (Å²) in [4.78, 5) is 35.7. The Balaban J connectivity index is 1.57. The van der Waals surface area contributed by atoms with Crippen molar-refractivity contribution in [3.05, 3.63) is 64.5 Å². The molecule has 0 spiro atoms. The number of likely N-dealkylation sites (tertiary alicyclic amines) is 1. The van der Waals surface area contributed by atoms with E-state index in [0.717, 1.165) is 36.0 Å². The smallest absolute Gasteiger partial charge is 0.345 e. The molecule has 3 heterocycles. The van der Waals surface area contributed by atoms with Gasteiger partial charge in [0.2, 0.25) is 0 Å². The molecule has 122 valence electrons. The quantitative estimate of drug-likeness (QED) is 0.759. The van der Waals surface area contributed by atoms with Crippen molar-refractivity contribution >= 4 is 16.8 Å². The maximum absolute atomic E-state index is 12.8. The van der Waals surface area contributed by atoms with Gasteiger partial charge >= 0.3 is 5.69 Å². The first-order valence-electron chi connectivity index (χ1n) is 8.13. The molecule has 4 rings (SSSR count). The number of para-hydroxylation sites is 1. The van der Waals surface area contributed by atoms with Crippen molar-refractivity contribution in [1.29, 1.82) is 0 Å². The summed E-state index contributed by atoms with van der Waals surface area (Å²) >= 11 is 0. The molecule has 1 aromatic carbocycles. The summed E-state index contributed by atoms with van der Waals surface area (Å²) < 4.78 is 0. The molecule has 6 nitrogen and oxygen atoms in total. The number of carbonyl (C=O) groups is 1. The van der Waals surface area contributed by atoms with Gasteiger partial charge in [0.25, 0.3) is 5.91 Å². The van der Waals surface area contributed by atoms with Crippen LogP contribution in [0.2, 0.25) is 0 Å². The number of hydrogen-bond acceptors (Lipinski definition) is 3. The maximum Gasteiger partial charge on any atom is 0.345 e. The van der Waals surface area contributed by atoms with Gasteiger partial charge in [0.1, 0.15) is 5.69 Å². The van der Waals surface area contributed by atoms with E-state index < -0.39 is 0 Å². The Morgan fingerprint density at radius 1 is 1.21 bits per heavy atom. The van der Waals surface area contributed by atoms with Gasteiger partial charge in [-0.2, -0.15) is 0 Å². The molecule has 6 heteroatoms. The van der Waals surface area contributed by atoms with Crippen LogP contribution >= 0.6 is 0 Å². The number of carbonyl (C=O) groups excluding carboxylic acids is 1. The van der Waals surface area contributed by atoms with Crippen LogP contribution in [0.5, 0.6) is 0 Å². The number of fused-ring (bicyclic) bond motifs is 1. The van der Waals surface area contributed by atoms with E-state index in [1.807, 2.05) is 41.3 Å². The first kappa shape index (κ1) is 14.7. The Morgan fingerprint density at radius 2 is 2.08 bits per heavy atom. The minimum atomic E-state index is -0.341. The molecule has 0 radical (unpaired) electrons. The van der Waals surface area contributed by atoms with Gasteiger partial charge in [-0.15, -0.1) is 0 Å². The number of piperidine rings is 1. The van der Waals surface area contributed by atoms with Gasteiger partial charge in [-0.25, -0.2) is 9.78 Å². The van der Waals surface area contributed by atoms with Crippen LogP contribution in [-0.2, 0) is 0 Å². The van der Waals surface area contributed by atoms with E-state index in [-0.39, 0.29) is 17.5 Å². The lowest BCUT2D eigenvalue weighted by molar-refractivity contribution is 0.0701. The third-order valence-corrected chi connectivity index (χ3v) is 4.61. The molecule has 1 aliphatic heterocycles. The second kappa shape index (κ2) is 5.96. The third-order valence-electron chi connectivity index (χ3n) is 4.61. The zero-order valence-electron chi connectivity index (χ0n) is 13.2. The summed E-state index contributed by atoms with van der Waals surface area (Å²) in [6.07, 6.45) is 3.39. The third kappa shape index (κ3) is 2.71. The fourth-order valence-electron chi connectivity index (χ4n) is 3.40. The maximum atomic E-state index is 12.8. The van der Waals surface area contributed by atoms with Gasteiger partial charge in [0, 0.05) is 41.8 Å².